The summed E-state index contributed by atoms with van der Waals surface area (Å²) in [7, 11) is 0. The summed E-state index contributed by atoms with van der Waals surface area (Å²) in [4.78, 5) is 28.1. The zero-order valence-electron chi connectivity index (χ0n) is 19.7. The maximum Gasteiger partial charge on any atom is 0.255 e. The van der Waals surface area contributed by atoms with Crippen LogP contribution < -0.4 is 16.4 Å². The van der Waals surface area contributed by atoms with Gasteiger partial charge in [-0.15, -0.1) is 11.3 Å². The Balaban J connectivity index is 1.30. The minimum Gasteiger partial charge on any atom is -0.383 e. The third-order valence-electron chi connectivity index (χ3n) is 5.85. The number of benzene rings is 2. The molecule has 37 heavy (non-hydrogen) atoms. The van der Waals surface area contributed by atoms with Crippen LogP contribution in [0.4, 0.5) is 11.6 Å². The van der Waals surface area contributed by atoms with Crippen LogP contribution in [-0.2, 0) is 6.54 Å². The molecule has 1 amide bonds. The second-order valence-electron chi connectivity index (χ2n) is 8.39. The van der Waals surface area contributed by atoms with Gasteiger partial charge in [0.05, 0.1) is 17.1 Å². The van der Waals surface area contributed by atoms with Crippen molar-refractivity contribution < 1.29 is 4.79 Å². The molecule has 0 aliphatic carbocycles. The Bertz CT molecular complexity index is 1610. The van der Waals surface area contributed by atoms with Crippen molar-refractivity contribution in [2.45, 2.75) is 19.5 Å². The first-order valence-corrected chi connectivity index (χ1v) is 14.4. The van der Waals surface area contributed by atoms with Gasteiger partial charge in [0.25, 0.3) is 5.91 Å². The summed E-state index contributed by atoms with van der Waals surface area (Å²) in [6.45, 7) is 2.51. The van der Waals surface area contributed by atoms with Crippen LogP contribution >= 0.6 is 56.5 Å². The number of pyridine rings is 1. The maximum atomic E-state index is 13.0. The summed E-state index contributed by atoms with van der Waals surface area (Å²) in [6.07, 6.45) is 3.16. The number of fused-ring (bicyclic) bond motifs is 1. The van der Waals surface area contributed by atoms with Crippen LogP contribution in [0.15, 0.2) is 73.2 Å². The van der Waals surface area contributed by atoms with Crippen molar-refractivity contribution in [3.8, 4) is 10.4 Å². The van der Waals surface area contributed by atoms with Gasteiger partial charge < -0.3 is 16.4 Å². The fourth-order valence-electron chi connectivity index (χ4n) is 3.88. The molecule has 1 unspecified atom stereocenters. The van der Waals surface area contributed by atoms with Gasteiger partial charge in [0.15, 0.2) is 0 Å². The van der Waals surface area contributed by atoms with Gasteiger partial charge in [-0.05, 0) is 112 Å². The highest BCUT2D eigenvalue weighted by Crippen LogP contribution is 2.34. The molecule has 4 N–H and O–H groups in total. The van der Waals surface area contributed by atoms with Crippen LogP contribution in [0.3, 0.4) is 0 Å². The van der Waals surface area contributed by atoms with Crippen LogP contribution in [0.5, 0.6) is 0 Å². The van der Waals surface area contributed by atoms with Gasteiger partial charge in [0.1, 0.15) is 18.0 Å². The molecule has 5 rings (SSSR count). The summed E-state index contributed by atoms with van der Waals surface area (Å²) < 4.78 is 2.36. The Hall–Kier alpha value is -2.84. The van der Waals surface area contributed by atoms with Gasteiger partial charge in [0, 0.05) is 35.0 Å². The molecule has 186 valence electrons. The lowest BCUT2D eigenvalue weighted by atomic mass is 10.1. The van der Waals surface area contributed by atoms with Crippen molar-refractivity contribution in [2.75, 3.05) is 11.1 Å². The fourth-order valence-corrected chi connectivity index (χ4v) is 5.80. The molecule has 3 heterocycles. The molecule has 3 aromatic heterocycles. The molecule has 10 heteroatoms. The molecule has 0 saturated heterocycles. The quantitative estimate of drug-likeness (QED) is 0.162. The van der Waals surface area contributed by atoms with Crippen LogP contribution in [0, 0.1) is 7.14 Å². The van der Waals surface area contributed by atoms with Crippen molar-refractivity contribution in [3.05, 3.63) is 96.3 Å². The molecule has 1 atom stereocenters. The van der Waals surface area contributed by atoms with Gasteiger partial charge in [0.2, 0.25) is 0 Å². The van der Waals surface area contributed by atoms with E-state index in [1.807, 2.05) is 24.3 Å². The minimum absolute atomic E-state index is 0.0492. The van der Waals surface area contributed by atoms with Crippen LogP contribution in [0.2, 0.25) is 0 Å². The van der Waals surface area contributed by atoms with Gasteiger partial charge in [-0.25, -0.2) is 15.0 Å². The molecule has 0 radical (unpaired) electrons. The number of rotatable bonds is 7. The number of anilines is 2. The number of nitrogens with zero attached hydrogens (tertiary/aromatic N) is 3. The number of thiophene rings is 1. The third kappa shape index (κ3) is 5.85. The molecular formula is C27H22I2N6OS. The highest BCUT2D eigenvalue weighted by Gasteiger charge is 2.17. The molecule has 0 fully saturated rings. The Morgan fingerprint density at radius 2 is 1.89 bits per heavy atom. The summed E-state index contributed by atoms with van der Waals surface area (Å²) in [5, 5.41) is 7.28. The van der Waals surface area contributed by atoms with E-state index in [4.69, 9.17) is 5.73 Å². The predicted molar refractivity (Wildman–Crippen MR) is 167 cm³/mol. The third-order valence-corrected chi connectivity index (χ3v) is 10.0. The number of halogens is 2. The lowest BCUT2D eigenvalue weighted by Crippen LogP contribution is -2.24. The number of carbonyl (C=O) groups is 1. The number of aromatic nitrogens is 3. The number of amides is 1. The number of carbonyl (C=O) groups excluding carboxylic acids is 1. The second-order valence-corrected chi connectivity index (χ2v) is 11.8. The van der Waals surface area contributed by atoms with Gasteiger partial charge in [-0.1, -0.05) is 12.1 Å². The molecule has 0 bridgehead atoms. The second kappa shape index (κ2) is 11.3. The summed E-state index contributed by atoms with van der Waals surface area (Å²) in [6, 6.07) is 19.9. The van der Waals surface area contributed by atoms with Gasteiger partial charge >= 0.3 is 0 Å². The van der Waals surface area contributed by atoms with E-state index in [1.165, 1.54) is 13.5 Å². The SMILES string of the molecule is CC(Nc1ncccc1C(=O)NCc1ccc(I)c(I)c1)c1ccc(-c2ccc3ncnc(N)c3c2)s1. The highest BCUT2D eigenvalue weighted by molar-refractivity contribution is 14.1. The number of nitrogen functional groups attached to an aromatic ring is 1. The monoisotopic (exact) mass is 732 g/mol. The van der Waals surface area contributed by atoms with Crippen molar-refractivity contribution in [3.63, 3.8) is 0 Å². The smallest absolute Gasteiger partial charge is 0.255 e. The molecule has 0 aliphatic heterocycles. The number of hydrogen-bond donors (Lipinski definition) is 3. The summed E-state index contributed by atoms with van der Waals surface area (Å²) in [5.41, 5.74) is 9.49. The molecule has 5 aromatic rings. The van der Waals surface area contributed by atoms with Crippen molar-refractivity contribution in [1.82, 2.24) is 20.3 Å². The molecule has 0 aliphatic rings. The van der Waals surface area contributed by atoms with Crippen LogP contribution in [-0.4, -0.2) is 20.9 Å². The van der Waals surface area contributed by atoms with E-state index in [1.54, 1.807) is 29.7 Å². The van der Waals surface area contributed by atoms with E-state index >= 15 is 0 Å². The fraction of sp³-hybridized carbons (Fsp3) is 0.111. The molecular weight excluding hydrogens is 710 g/mol. The number of hydrogen-bond acceptors (Lipinski definition) is 7. The van der Waals surface area contributed by atoms with Crippen molar-refractivity contribution >= 4 is 85.0 Å². The average Bonchev–Trinajstić information content (AvgIpc) is 3.40. The molecule has 0 spiro atoms. The summed E-state index contributed by atoms with van der Waals surface area (Å²) in [5.74, 6) is 0.853. The molecule has 0 saturated carbocycles. The lowest BCUT2D eigenvalue weighted by Gasteiger charge is -2.16. The Kier molecular flexibility index (Phi) is 7.86. The van der Waals surface area contributed by atoms with E-state index in [0.29, 0.717) is 23.7 Å². The maximum absolute atomic E-state index is 13.0. The van der Waals surface area contributed by atoms with Gasteiger partial charge in [-0.3, -0.25) is 4.79 Å². The van der Waals surface area contributed by atoms with Crippen LogP contribution in [0.25, 0.3) is 21.3 Å². The van der Waals surface area contributed by atoms with Crippen molar-refractivity contribution in [2.24, 2.45) is 0 Å². The average molecular weight is 732 g/mol. The largest absolute Gasteiger partial charge is 0.383 e. The van der Waals surface area contributed by atoms with E-state index in [0.717, 1.165) is 31.8 Å². The Morgan fingerprint density at radius 3 is 2.73 bits per heavy atom. The van der Waals surface area contributed by atoms with Gasteiger partial charge in [-0.2, -0.15) is 0 Å². The first kappa shape index (κ1) is 25.8. The zero-order valence-corrected chi connectivity index (χ0v) is 24.8. The highest BCUT2D eigenvalue weighted by atomic mass is 127. The standard InChI is InChI=1S/C27H22I2N6OS/c1-15(23-8-9-24(37-23)17-5-7-22-19(12-17)25(30)34-14-33-22)35-26-18(3-2-10-31-26)27(36)32-13-16-4-6-20(28)21(29)11-16/h2-12,14-15H,13H2,1H3,(H,31,35)(H,32,36)(H2,30,33,34). The lowest BCUT2D eigenvalue weighted by molar-refractivity contribution is 0.0951. The number of nitrogens with one attached hydrogen (secondary N) is 2. The molecule has 7 nitrogen and oxygen atoms in total. The van der Waals surface area contributed by atoms with Crippen molar-refractivity contribution in [1.29, 1.82) is 0 Å². The first-order chi connectivity index (χ1) is 17.9. The Morgan fingerprint density at radius 1 is 1.03 bits per heavy atom. The minimum atomic E-state index is -0.167. The van der Waals surface area contributed by atoms with E-state index < -0.39 is 0 Å². The number of nitrogens with two attached hydrogens (primary N) is 1. The Labute approximate surface area is 245 Å². The zero-order chi connectivity index (χ0) is 25.9. The predicted octanol–water partition coefficient (Wildman–Crippen LogP) is 6.65. The topological polar surface area (TPSA) is 106 Å². The molecule has 2 aromatic carbocycles. The summed E-state index contributed by atoms with van der Waals surface area (Å²) >= 11 is 6.28. The normalized spacial score (nSPS) is 11.9. The van der Waals surface area contributed by atoms with Crippen LogP contribution in [0.1, 0.15) is 33.8 Å². The van der Waals surface area contributed by atoms with E-state index in [9.17, 15) is 4.79 Å². The van der Waals surface area contributed by atoms with E-state index in [-0.39, 0.29) is 11.9 Å². The first-order valence-electron chi connectivity index (χ1n) is 11.4. The van der Waals surface area contributed by atoms with E-state index in [2.05, 4.69) is 102 Å².